The van der Waals surface area contributed by atoms with Crippen molar-refractivity contribution in [3.05, 3.63) is 78.4 Å². The standard InChI is InChI=1S/C16H16O3S/c1-3-16(14-7-5-4-6-8-14)19-20(17,18)15-11-9-13(2)10-12-15/h3-12,16H,1H2,2H3. The van der Waals surface area contributed by atoms with Crippen molar-refractivity contribution in [2.45, 2.75) is 17.9 Å². The van der Waals surface area contributed by atoms with E-state index in [0.717, 1.165) is 11.1 Å². The quantitative estimate of drug-likeness (QED) is 0.623. The molecule has 1 unspecified atom stereocenters. The predicted molar refractivity (Wildman–Crippen MR) is 78.8 cm³/mol. The van der Waals surface area contributed by atoms with E-state index in [0.29, 0.717) is 0 Å². The lowest BCUT2D eigenvalue weighted by atomic mass is 10.1. The van der Waals surface area contributed by atoms with Gasteiger partial charge in [0.1, 0.15) is 6.10 Å². The number of hydrogen-bond acceptors (Lipinski definition) is 3. The molecule has 0 bridgehead atoms. The molecule has 0 amide bonds. The van der Waals surface area contributed by atoms with Gasteiger partial charge in [-0.15, -0.1) is 6.58 Å². The summed E-state index contributed by atoms with van der Waals surface area (Å²) in [5.41, 5.74) is 1.74. The predicted octanol–water partition coefficient (Wildman–Crippen LogP) is 3.63. The maximum Gasteiger partial charge on any atom is 0.297 e. The van der Waals surface area contributed by atoms with Crippen molar-refractivity contribution in [1.29, 1.82) is 0 Å². The van der Waals surface area contributed by atoms with Gasteiger partial charge in [0.2, 0.25) is 0 Å². The Morgan fingerprint density at radius 2 is 1.65 bits per heavy atom. The van der Waals surface area contributed by atoms with Gasteiger partial charge in [-0.2, -0.15) is 8.42 Å². The summed E-state index contributed by atoms with van der Waals surface area (Å²) in [6, 6.07) is 15.7. The smallest absolute Gasteiger partial charge is 0.254 e. The van der Waals surface area contributed by atoms with Gasteiger partial charge in [0.05, 0.1) is 4.90 Å². The van der Waals surface area contributed by atoms with Gasteiger partial charge in [-0.05, 0) is 24.6 Å². The minimum absolute atomic E-state index is 0.144. The van der Waals surface area contributed by atoms with Crippen LogP contribution in [0.1, 0.15) is 17.2 Å². The van der Waals surface area contributed by atoms with Crippen LogP contribution in [0.25, 0.3) is 0 Å². The van der Waals surface area contributed by atoms with Gasteiger partial charge in [0.15, 0.2) is 0 Å². The fourth-order valence-electron chi connectivity index (χ4n) is 1.77. The van der Waals surface area contributed by atoms with Crippen LogP contribution in [0.2, 0.25) is 0 Å². The highest BCUT2D eigenvalue weighted by Gasteiger charge is 2.20. The minimum atomic E-state index is -3.81. The fraction of sp³-hybridized carbons (Fsp3) is 0.125. The SMILES string of the molecule is C=CC(OS(=O)(=O)c1ccc(C)cc1)c1ccccc1. The van der Waals surface area contributed by atoms with Gasteiger partial charge >= 0.3 is 0 Å². The van der Waals surface area contributed by atoms with Crippen molar-refractivity contribution in [3.8, 4) is 0 Å². The van der Waals surface area contributed by atoms with Crippen LogP contribution in [0.15, 0.2) is 72.1 Å². The fourth-order valence-corrected chi connectivity index (χ4v) is 2.81. The van der Waals surface area contributed by atoms with E-state index >= 15 is 0 Å². The van der Waals surface area contributed by atoms with Crippen molar-refractivity contribution < 1.29 is 12.6 Å². The summed E-state index contributed by atoms with van der Waals surface area (Å²) < 4.78 is 29.7. The molecule has 0 spiro atoms. The highest BCUT2D eigenvalue weighted by atomic mass is 32.2. The Morgan fingerprint density at radius 1 is 1.05 bits per heavy atom. The topological polar surface area (TPSA) is 43.4 Å². The highest BCUT2D eigenvalue weighted by molar-refractivity contribution is 7.86. The van der Waals surface area contributed by atoms with Gasteiger partial charge in [0.25, 0.3) is 10.1 Å². The van der Waals surface area contributed by atoms with Gasteiger partial charge < -0.3 is 0 Å². The van der Waals surface area contributed by atoms with Crippen LogP contribution in [0, 0.1) is 6.92 Å². The normalized spacial score (nSPS) is 12.8. The molecule has 1 atom stereocenters. The Kier molecular flexibility index (Phi) is 4.37. The third-order valence-electron chi connectivity index (χ3n) is 2.88. The van der Waals surface area contributed by atoms with E-state index in [9.17, 15) is 8.42 Å². The van der Waals surface area contributed by atoms with Crippen molar-refractivity contribution in [3.63, 3.8) is 0 Å². The zero-order chi connectivity index (χ0) is 14.6. The lowest BCUT2D eigenvalue weighted by Crippen LogP contribution is -2.10. The largest absolute Gasteiger partial charge is 0.297 e. The zero-order valence-corrected chi connectivity index (χ0v) is 12.0. The van der Waals surface area contributed by atoms with E-state index in [-0.39, 0.29) is 4.90 Å². The molecule has 0 aliphatic heterocycles. The first-order valence-electron chi connectivity index (χ1n) is 6.20. The molecule has 0 aliphatic rings. The van der Waals surface area contributed by atoms with Crippen LogP contribution >= 0.6 is 0 Å². The third-order valence-corrected chi connectivity index (χ3v) is 4.19. The molecule has 3 nitrogen and oxygen atoms in total. The van der Waals surface area contributed by atoms with Gasteiger partial charge in [-0.25, -0.2) is 0 Å². The maximum atomic E-state index is 12.2. The summed E-state index contributed by atoms with van der Waals surface area (Å²) in [7, 11) is -3.81. The van der Waals surface area contributed by atoms with Gasteiger partial charge in [-0.3, -0.25) is 4.18 Å². The summed E-state index contributed by atoms with van der Waals surface area (Å²) in [6.45, 7) is 5.54. The Balaban J connectivity index is 2.27. The van der Waals surface area contributed by atoms with Crippen molar-refractivity contribution in [1.82, 2.24) is 0 Å². The van der Waals surface area contributed by atoms with E-state index < -0.39 is 16.2 Å². The lowest BCUT2D eigenvalue weighted by molar-refractivity contribution is 0.261. The lowest BCUT2D eigenvalue weighted by Gasteiger charge is -2.14. The second kappa shape index (κ2) is 6.03. The van der Waals surface area contributed by atoms with Gasteiger partial charge in [-0.1, -0.05) is 54.1 Å². The molecule has 2 aromatic carbocycles. The van der Waals surface area contributed by atoms with Crippen molar-refractivity contribution >= 4 is 10.1 Å². The first-order chi connectivity index (χ1) is 9.53. The monoisotopic (exact) mass is 288 g/mol. The zero-order valence-electron chi connectivity index (χ0n) is 11.2. The molecule has 2 aromatic rings. The van der Waals surface area contributed by atoms with E-state index in [2.05, 4.69) is 6.58 Å². The Bertz CT molecular complexity index is 673. The second-order valence-corrected chi connectivity index (χ2v) is 6.00. The molecule has 0 heterocycles. The van der Waals surface area contributed by atoms with Crippen LogP contribution in [-0.2, 0) is 14.3 Å². The molecule has 0 fully saturated rings. The molecule has 0 N–H and O–H groups in total. The van der Waals surface area contributed by atoms with Crippen molar-refractivity contribution in [2.75, 3.05) is 0 Å². The van der Waals surface area contributed by atoms with E-state index in [4.69, 9.17) is 4.18 Å². The molecule has 0 saturated carbocycles. The van der Waals surface area contributed by atoms with Crippen LogP contribution in [-0.4, -0.2) is 8.42 Å². The molecular weight excluding hydrogens is 272 g/mol. The molecule has 20 heavy (non-hydrogen) atoms. The number of hydrogen-bond donors (Lipinski definition) is 0. The molecule has 4 heteroatoms. The molecule has 0 saturated heterocycles. The molecule has 0 aromatic heterocycles. The number of benzene rings is 2. The molecule has 104 valence electrons. The van der Waals surface area contributed by atoms with Crippen molar-refractivity contribution in [2.24, 2.45) is 0 Å². The maximum absolute atomic E-state index is 12.2. The molecule has 0 aliphatic carbocycles. The molecular formula is C16H16O3S. The van der Waals surface area contributed by atoms with Crippen LogP contribution in [0.4, 0.5) is 0 Å². The average Bonchev–Trinajstić information content (AvgIpc) is 2.46. The minimum Gasteiger partial charge on any atom is -0.254 e. The summed E-state index contributed by atoms with van der Waals surface area (Å²) in [5, 5.41) is 0. The summed E-state index contributed by atoms with van der Waals surface area (Å²) in [6.07, 6.45) is 0.781. The molecule has 2 rings (SSSR count). The third kappa shape index (κ3) is 3.35. The summed E-state index contributed by atoms with van der Waals surface area (Å²) >= 11 is 0. The number of rotatable bonds is 5. The highest BCUT2D eigenvalue weighted by Crippen LogP contribution is 2.24. The van der Waals surface area contributed by atoms with E-state index in [1.807, 2.05) is 25.1 Å². The average molecular weight is 288 g/mol. The Hall–Kier alpha value is -1.91. The first-order valence-corrected chi connectivity index (χ1v) is 7.61. The molecule has 0 radical (unpaired) electrons. The van der Waals surface area contributed by atoms with E-state index in [1.165, 1.54) is 18.2 Å². The Labute approximate surface area is 119 Å². The second-order valence-electron chi connectivity index (χ2n) is 4.43. The first kappa shape index (κ1) is 14.5. The van der Waals surface area contributed by atoms with Crippen LogP contribution in [0.3, 0.4) is 0 Å². The van der Waals surface area contributed by atoms with Crippen LogP contribution in [0.5, 0.6) is 0 Å². The van der Waals surface area contributed by atoms with Crippen LogP contribution < -0.4 is 0 Å². The number of aryl methyl sites for hydroxylation is 1. The summed E-state index contributed by atoms with van der Waals surface area (Å²) in [5.74, 6) is 0. The summed E-state index contributed by atoms with van der Waals surface area (Å²) in [4.78, 5) is 0.144. The van der Waals surface area contributed by atoms with Gasteiger partial charge in [0, 0.05) is 0 Å². The Morgan fingerprint density at radius 3 is 2.20 bits per heavy atom. The van der Waals surface area contributed by atoms with E-state index in [1.54, 1.807) is 24.3 Å².